The van der Waals surface area contributed by atoms with Crippen molar-refractivity contribution in [3.63, 3.8) is 0 Å². The van der Waals surface area contributed by atoms with Gasteiger partial charge in [0.25, 0.3) is 0 Å². The standard InChI is InChI=1S/C18H18N2O2/c1-22-16-7-3-12-8-15(4-2-13(12)9-16)18(21,14-5-6-14)17-10-19-11-20-17/h2-4,7-11,14,21H,5-6H2,1H3,(H,19,20). The fourth-order valence-corrected chi connectivity index (χ4v) is 3.16. The van der Waals surface area contributed by atoms with E-state index >= 15 is 0 Å². The molecule has 22 heavy (non-hydrogen) atoms. The first-order valence-electron chi connectivity index (χ1n) is 7.51. The van der Waals surface area contributed by atoms with E-state index < -0.39 is 5.60 Å². The summed E-state index contributed by atoms with van der Waals surface area (Å²) < 4.78 is 5.26. The highest BCUT2D eigenvalue weighted by Gasteiger charge is 2.47. The number of aliphatic hydroxyl groups is 1. The van der Waals surface area contributed by atoms with Gasteiger partial charge in [0.15, 0.2) is 0 Å². The zero-order valence-corrected chi connectivity index (χ0v) is 12.4. The summed E-state index contributed by atoms with van der Waals surface area (Å²) in [5.74, 6) is 1.09. The predicted molar refractivity (Wildman–Crippen MR) is 84.8 cm³/mol. The number of aromatic amines is 1. The summed E-state index contributed by atoms with van der Waals surface area (Å²) in [6, 6.07) is 12.1. The highest BCUT2D eigenvalue weighted by atomic mass is 16.5. The molecule has 1 atom stereocenters. The minimum Gasteiger partial charge on any atom is -0.497 e. The van der Waals surface area contributed by atoms with Gasteiger partial charge in [-0.25, -0.2) is 4.98 Å². The van der Waals surface area contributed by atoms with Crippen LogP contribution in [0, 0.1) is 5.92 Å². The van der Waals surface area contributed by atoms with Crippen LogP contribution in [0.15, 0.2) is 48.9 Å². The number of ether oxygens (including phenoxy) is 1. The summed E-state index contributed by atoms with van der Waals surface area (Å²) in [6.45, 7) is 0. The normalized spacial score (nSPS) is 17.4. The second-order valence-electron chi connectivity index (χ2n) is 5.93. The second kappa shape index (κ2) is 4.85. The molecule has 1 aromatic heterocycles. The third-order valence-electron chi connectivity index (χ3n) is 4.56. The lowest BCUT2D eigenvalue weighted by atomic mass is 9.85. The van der Waals surface area contributed by atoms with E-state index in [0.29, 0.717) is 0 Å². The van der Waals surface area contributed by atoms with Crippen LogP contribution in [0.5, 0.6) is 5.75 Å². The van der Waals surface area contributed by atoms with Crippen molar-refractivity contribution in [3.05, 3.63) is 60.2 Å². The maximum atomic E-state index is 11.3. The van der Waals surface area contributed by atoms with Gasteiger partial charge in [0, 0.05) is 0 Å². The van der Waals surface area contributed by atoms with Crippen molar-refractivity contribution in [3.8, 4) is 5.75 Å². The molecular weight excluding hydrogens is 276 g/mol. The Labute approximate surface area is 128 Å². The van der Waals surface area contributed by atoms with Gasteiger partial charge in [-0.1, -0.05) is 18.2 Å². The van der Waals surface area contributed by atoms with Crippen molar-refractivity contribution >= 4 is 10.8 Å². The lowest BCUT2D eigenvalue weighted by molar-refractivity contribution is 0.0525. The van der Waals surface area contributed by atoms with E-state index in [9.17, 15) is 5.11 Å². The number of aromatic nitrogens is 2. The van der Waals surface area contributed by atoms with Gasteiger partial charge in [-0.3, -0.25) is 0 Å². The number of nitrogens with zero attached hydrogens (tertiary/aromatic N) is 1. The van der Waals surface area contributed by atoms with Crippen LogP contribution < -0.4 is 4.74 Å². The highest BCUT2D eigenvalue weighted by molar-refractivity contribution is 5.84. The van der Waals surface area contributed by atoms with Gasteiger partial charge < -0.3 is 14.8 Å². The molecule has 0 bridgehead atoms. The van der Waals surface area contributed by atoms with Crippen LogP contribution in [0.25, 0.3) is 10.8 Å². The third kappa shape index (κ3) is 1.99. The number of hydrogen-bond donors (Lipinski definition) is 2. The van der Waals surface area contributed by atoms with Crippen LogP contribution >= 0.6 is 0 Å². The van der Waals surface area contributed by atoms with E-state index in [2.05, 4.69) is 16.0 Å². The van der Waals surface area contributed by atoms with Crippen LogP contribution in [0.1, 0.15) is 24.1 Å². The van der Waals surface area contributed by atoms with E-state index in [4.69, 9.17) is 4.74 Å². The number of nitrogens with one attached hydrogen (secondary N) is 1. The molecule has 112 valence electrons. The molecule has 0 amide bonds. The quantitative estimate of drug-likeness (QED) is 0.776. The largest absolute Gasteiger partial charge is 0.497 e. The van der Waals surface area contributed by atoms with Crippen molar-refractivity contribution in [1.82, 2.24) is 9.97 Å². The second-order valence-corrected chi connectivity index (χ2v) is 5.93. The maximum absolute atomic E-state index is 11.3. The van der Waals surface area contributed by atoms with E-state index in [0.717, 1.165) is 40.6 Å². The Balaban J connectivity index is 1.85. The van der Waals surface area contributed by atoms with Gasteiger partial charge >= 0.3 is 0 Å². The number of hydrogen-bond acceptors (Lipinski definition) is 3. The average molecular weight is 294 g/mol. The molecule has 4 rings (SSSR count). The van der Waals surface area contributed by atoms with Crippen molar-refractivity contribution in [2.75, 3.05) is 7.11 Å². The molecule has 2 aromatic carbocycles. The summed E-state index contributed by atoms with van der Waals surface area (Å²) in [5.41, 5.74) is 0.699. The first-order valence-corrected chi connectivity index (χ1v) is 7.51. The van der Waals surface area contributed by atoms with Gasteiger partial charge in [0.05, 0.1) is 25.3 Å². The summed E-state index contributed by atoms with van der Waals surface area (Å²) in [7, 11) is 1.67. The van der Waals surface area contributed by atoms with Crippen LogP contribution in [0.3, 0.4) is 0 Å². The summed E-state index contributed by atoms with van der Waals surface area (Å²) in [5, 5.41) is 13.5. The van der Waals surface area contributed by atoms with E-state index in [-0.39, 0.29) is 5.92 Å². The van der Waals surface area contributed by atoms with Gasteiger partial charge in [0.2, 0.25) is 0 Å². The average Bonchev–Trinajstić information content (AvgIpc) is 3.28. The van der Waals surface area contributed by atoms with Crippen LogP contribution in [0.2, 0.25) is 0 Å². The minimum atomic E-state index is -0.982. The Morgan fingerprint density at radius 2 is 1.95 bits per heavy atom. The molecule has 0 spiro atoms. The van der Waals surface area contributed by atoms with Gasteiger partial charge in [-0.05, 0) is 53.3 Å². The molecule has 3 aromatic rings. The molecule has 1 heterocycles. The molecule has 0 saturated heterocycles. The van der Waals surface area contributed by atoms with Crippen molar-refractivity contribution in [1.29, 1.82) is 0 Å². The van der Waals surface area contributed by atoms with Crippen LogP contribution in [0.4, 0.5) is 0 Å². The molecule has 4 heteroatoms. The Bertz CT molecular complexity index is 809. The van der Waals surface area contributed by atoms with Crippen molar-refractivity contribution in [2.24, 2.45) is 5.92 Å². The molecule has 4 nitrogen and oxygen atoms in total. The Morgan fingerprint density at radius 1 is 1.18 bits per heavy atom. The number of fused-ring (bicyclic) bond motifs is 1. The topological polar surface area (TPSA) is 58.1 Å². The van der Waals surface area contributed by atoms with Gasteiger partial charge in [-0.2, -0.15) is 0 Å². The molecule has 1 unspecified atom stereocenters. The number of benzene rings is 2. The fourth-order valence-electron chi connectivity index (χ4n) is 3.16. The minimum absolute atomic E-state index is 0.253. The summed E-state index contributed by atoms with van der Waals surface area (Å²) in [4.78, 5) is 7.16. The predicted octanol–water partition coefficient (Wildman–Crippen LogP) is 3.22. The number of rotatable bonds is 4. The molecular formula is C18H18N2O2. The number of methoxy groups -OCH3 is 1. The fraction of sp³-hybridized carbons (Fsp3) is 0.278. The monoisotopic (exact) mass is 294 g/mol. The first kappa shape index (κ1) is 13.3. The SMILES string of the molecule is COc1ccc2cc(C(O)(c3cnc[nH]3)C3CC3)ccc2c1. The van der Waals surface area contributed by atoms with Gasteiger partial charge in [-0.15, -0.1) is 0 Å². The molecule has 1 saturated carbocycles. The molecule has 0 aliphatic heterocycles. The maximum Gasteiger partial charge on any atom is 0.134 e. The molecule has 1 aliphatic rings. The molecule has 1 fully saturated rings. The zero-order chi connectivity index (χ0) is 15.2. The number of imidazole rings is 1. The van der Waals surface area contributed by atoms with E-state index in [1.54, 1.807) is 19.6 Å². The summed E-state index contributed by atoms with van der Waals surface area (Å²) >= 11 is 0. The van der Waals surface area contributed by atoms with Crippen LogP contribution in [-0.2, 0) is 5.60 Å². The molecule has 1 aliphatic carbocycles. The van der Waals surface area contributed by atoms with E-state index in [1.807, 2.05) is 30.3 Å². The van der Waals surface area contributed by atoms with Crippen molar-refractivity contribution < 1.29 is 9.84 Å². The number of H-pyrrole nitrogens is 1. The highest BCUT2D eigenvalue weighted by Crippen LogP contribution is 2.49. The van der Waals surface area contributed by atoms with E-state index in [1.165, 1.54) is 0 Å². The lowest BCUT2D eigenvalue weighted by Crippen LogP contribution is -2.30. The van der Waals surface area contributed by atoms with Crippen molar-refractivity contribution in [2.45, 2.75) is 18.4 Å². The molecule has 0 radical (unpaired) electrons. The lowest BCUT2D eigenvalue weighted by Gasteiger charge is -2.28. The first-order chi connectivity index (χ1) is 10.7. The Morgan fingerprint density at radius 3 is 2.64 bits per heavy atom. The Kier molecular flexibility index (Phi) is 2.94. The Hall–Kier alpha value is -2.33. The smallest absolute Gasteiger partial charge is 0.134 e. The molecule has 2 N–H and O–H groups in total. The van der Waals surface area contributed by atoms with Crippen LogP contribution in [-0.4, -0.2) is 22.2 Å². The third-order valence-corrected chi connectivity index (χ3v) is 4.56. The van der Waals surface area contributed by atoms with Gasteiger partial charge in [0.1, 0.15) is 11.4 Å². The summed E-state index contributed by atoms with van der Waals surface area (Å²) in [6.07, 6.45) is 5.41. The zero-order valence-electron chi connectivity index (χ0n) is 12.4.